The lowest BCUT2D eigenvalue weighted by Crippen LogP contribution is -2.47. The quantitative estimate of drug-likeness (QED) is 0.668. The third kappa shape index (κ3) is 3.22. The molecule has 1 aliphatic carbocycles. The summed E-state index contributed by atoms with van der Waals surface area (Å²) in [5, 5.41) is 8.33. The predicted molar refractivity (Wildman–Crippen MR) is 103 cm³/mol. The Morgan fingerprint density at radius 2 is 1.86 bits per heavy atom. The lowest BCUT2D eigenvalue weighted by atomic mass is 10.1. The minimum absolute atomic E-state index is 0.0156. The van der Waals surface area contributed by atoms with Crippen LogP contribution in [0.4, 0.5) is 0 Å². The van der Waals surface area contributed by atoms with E-state index in [0.717, 1.165) is 24.1 Å². The first-order valence-electron chi connectivity index (χ1n) is 9.69. The average molecular weight is 391 g/mol. The number of carbonyl (C=O) groups is 1. The van der Waals surface area contributed by atoms with Gasteiger partial charge in [0.2, 0.25) is 0 Å². The molecule has 3 aromatic heterocycles. The Bertz CT molecular complexity index is 1040. The summed E-state index contributed by atoms with van der Waals surface area (Å²) >= 11 is 0. The zero-order valence-electron chi connectivity index (χ0n) is 16.3. The zero-order valence-corrected chi connectivity index (χ0v) is 16.3. The normalized spacial score (nSPS) is 22.8. The van der Waals surface area contributed by atoms with Crippen LogP contribution in [0.3, 0.4) is 0 Å². The van der Waals surface area contributed by atoms with Gasteiger partial charge in [0.05, 0.1) is 18.4 Å². The van der Waals surface area contributed by atoms with Crippen LogP contribution in [0.15, 0.2) is 36.9 Å². The van der Waals surface area contributed by atoms with Crippen molar-refractivity contribution in [1.29, 1.82) is 0 Å². The molecule has 2 bridgehead atoms. The summed E-state index contributed by atoms with van der Waals surface area (Å²) in [6.07, 6.45) is 8.34. The van der Waals surface area contributed by atoms with Crippen LogP contribution in [0.2, 0.25) is 0 Å². The first-order chi connectivity index (χ1) is 14.1. The van der Waals surface area contributed by atoms with Gasteiger partial charge in [-0.15, -0.1) is 4.80 Å². The number of hydrogen-bond donors (Lipinski definition) is 0. The van der Waals surface area contributed by atoms with Gasteiger partial charge in [0, 0.05) is 24.6 Å². The fourth-order valence-corrected chi connectivity index (χ4v) is 4.25. The molecule has 2 aliphatic rings. The first-order valence-corrected chi connectivity index (χ1v) is 9.69. The van der Waals surface area contributed by atoms with Crippen LogP contribution in [0, 0.1) is 19.8 Å². The van der Waals surface area contributed by atoms with E-state index in [2.05, 4.69) is 25.1 Å². The minimum atomic E-state index is -0.119. The van der Waals surface area contributed by atoms with Gasteiger partial charge < -0.3 is 9.64 Å². The molecule has 0 aromatic carbocycles. The molecule has 5 rings (SSSR count). The van der Waals surface area contributed by atoms with Gasteiger partial charge in [-0.05, 0) is 50.3 Å². The summed E-state index contributed by atoms with van der Waals surface area (Å²) in [5.74, 6) is 0.294. The molecule has 2 fully saturated rings. The third-order valence-electron chi connectivity index (χ3n) is 5.55. The van der Waals surface area contributed by atoms with Crippen molar-refractivity contribution >= 4 is 5.91 Å². The molecule has 2 unspecified atom stereocenters. The van der Waals surface area contributed by atoms with Crippen LogP contribution < -0.4 is 4.74 Å². The van der Waals surface area contributed by atoms with Gasteiger partial charge in [0.1, 0.15) is 11.8 Å². The number of fused-ring (bicyclic) bond motifs is 2. The lowest BCUT2D eigenvalue weighted by Gasteiger charge is -2.33. The highest BCUT2D eigenvalue weighted by Gasteiger charge is 2.49. The zero-order chi connectivity index (χ0) is 20.0. The van der Waals surface area contributed by atoms with Crippen molar-refractivity contribution in [1.82, 2.24) is 34.8 Å². The maximum Gasteiger partial charge on any atom is 0.316 e. The molecule has 9 nitrogen and oxygen atoms in total. The molecular formula is C20H21N7O2. The maximum atomic E-state index is 13.5. The van der Waals surface area contributed by atoms with E-state index in [9.17, 15) is 4.79 Å². The smallest absolute Gasteiger partial charge is 0.316 e. The summed E-state index contributed by atoms with van der Waals surface area (Å²) in [6, 6.07) is 4.03. The fraction of sp³-hybridized carbons (Fsp3) is 0.400. The van der Waals surface area contributed by atoms with E-state index in [1.807, 2.05) is 30.9 Å². The van der Waals surface area contributed by atoms with Crippen LogP contribution in [0.25, 0.3) is 5.69 Å². The van der Waals surface area contributed by atoms with Crippen molar-refractivity contribution in [2.75, 3.05) is 6.54 Å². The van der Waals surface area contributed by atoms with E-state index in [1.165, 1.54) is 4.80 Å². The number of nitrogens with zero attached hydrogens (tertiary/aromatic N) is 7. The van der Waals surface area contributed by atoms with Gasteiger partial charge in [0.25, 0.3) is 5.91 Å². The van der Waals surface area contributed by atoms with Crippen molar-refractivity contribution in [2.45, 2.75) is 38.8 Å². The Labute approximate surface area is 167 Å². The average Bonchev–Trinajstić information content (AvgIpc) is 3.46. The van der Waals surface area contributed by atoms with Crippen LogP contribution >= 0.6 is 0 Å². The number of hydrogen-bond acceptors (Lipinski definition) is 7. The molecule has 3 atom stereocenters. The molecule has 0 radical (unpaired) electrons. The van der Waals surface area contributed by atoms with E-state index < -0.39 is 0 Å². The van der Waals surface area contributed by atoms with E-state index in [0.29, 0.717) is 29.9 Å². The minimum Gasteiger partial charge on any atom is -0.458 e. The lowest BCUT2D eigenvalue weighted by molar-refractivity contribution is 0.0447. The van der Waals surface area contributed by atoms with Crippen molar-refractivity contribution in [3.8, 4) is 11.7 Å². The van der Waals surface area contributed by atoms with Gasteiger partial charge >= 0.3 is 6.01 Å². The molecular weight excluding hydrogens is 370 g/mol. The molecule has 0 N–H and O–H groups in total. The summed E-state index contributed by atoms with van der Waals surface area (Å²) in [7, 11) is 0. The summed E-state index contributed by atoms with van der Waals surface area (Å²) in [4.78, 5) is 29.8. The highest BCUT2D eigenvalue weighted by molar-refractivity contribution is 5.96. The van der Waals surface area contributed by atoms with Gasteiger partial charge in [0.15, 0.2) is 5.69 Å². The topological polar surface area (TPSA) is 98.9 Å². The predicted octanol–water partition coefficient (Wildman–Crippen LogP) is 1.75. The molecule has 148 valence electrons. The summed E-state index contributed by atoms with van der Waals surface area (Å²) in [6.45, 7) is 4.51. The van der Waals surface area contributed by atoms with Crippen molar-refractivity contribution in [3.05, 3.63) is 53.9 Å². The van der Waals surface area contributed by atoms with Gasteiger partial charge in [-0.2, -0.15) is 10.2 Å². The number of amides is 1. The number of pyridine rings is 1. The van der Waals surface area contributed by atoms with Crippen LogP contribution in [-0.2, 0) is 0 Å². The molecule has 29 heavy (non-hydrogen) atoms. The Balaban J connectivity index is 1.41. The van der Waals surface area contributed by atoms with E-state index >= 15 is 0 Å². The number of likely N-dealkylation sites (tertiary alicyclic amines) is 1. The number of aromatic nitrogens is 6. The van der Waals surface area contributed by atoms with E-state index in [1.54, 1.807) is 24.8 Å². The molecule has 1 saturated carbocycles. The van der Waals surface area contributed by atoms with Gasteiger partial charge in [-0.25, -0.2) is 15.0 Å². The molecule has 1 aliphatic heterocycles. The second kappa shape index (κ2) is 6.91. The molecule has 9 heteroatoms. The van der Waals surface area contributed by atoms with Crippen molar-refractivity contribution in [3.63, 3.8) is 0 Å². The second-order valence-corrected chi connectivity index (χ2v) is 7.70. The monoisotopic (exact) mass is 391 g/mol. The highest BCUT2D eigenvalue weighted by Crippen LogP contribution is 2.40. The molecule has 4 heterocycles. The Morgan fingerprint density at radius 1 is 1.10 bits per heavy atom. The Kier molecular flexibility index (Phi) is 4.22. The van der Waals surface area contributed by atoms with E-state index in [-0.39, 0.29) is 18.1 Å². The fourth-order valence-electron chi connectivity index (χ4n) is 4.25. The molecule has 1 amide bonds. The number of rotatable bonds is 4. The van der Waals surface area contributed by atoms with E-state index in [4.69, 9.17) is 4.74 Å². The first kappa shape index (κ1) is 17.7. The number of ether oxygens (including phenoxy) is 1. The Hall–Kier alpha value is -3.36. The highest BCUT2D eigenvalue weighted by atomic mass is 16.5. The third-order valence-corrected chi connectivity index (χ3v) is 5.55. The Morgan fingerprint density at radius 3 is 2.59 bits per heavy atom. The van der Waals surface area contributed by atoms with Crippen LogP contribution in [0.5, 0.6) is 6.01 Å². The standard InChI is InChI=1S/C20H21N7O2/c1-12-9-21-20(22-10-12)29-17-8-14-7-16(17)26(11-14)19(28)18-15(4-3-13(2)25-18)27-23-5-6-24-27/h3-6,9-10,14,16-17H,7-8,11H2,1-2H3/t14-,16?,17?/m1/s1. The number of carbonyl (C=O) groups excluding carboxylic acids is 1. The molecule has 1 saturated heterocycles. The molecule has 0 spiro atoms. The van der Waals surface area contributed by atoms with Crippen LogP contribution in [0.1, 0.15) is 34.6 Å². The van der Waals surface area contributed by atoms with Gasteiger partial charge in [-0.3, -0.25) is 4.79 Å². The largest absolute Gasteiger partial charge is 0.458 e. The van der Waals surface area contributed by atoms with Crippen LogP contribution in [-0.4, -0.2) is 59.4 Å². The number of piperidine rings is 1. The SMILES string of the molecule is Cc1cnc(OC2C[C@H]3CC2N(C(=O)c2nc(C)ccc2-n2nccn2)C3)nc1. The van der Waals surface area contributed by atoms with Crippen molar-refractivity contribution in [2.24, 2.45) is 5.92 Å². The molecule has 3 aromatic rings. The summed E-state index contributed by atoms with van der Waals surface area (Å²) < 4.78 is 6.04. The van der Waals surface area contributed by atoms with Crippen molar-refractivity contribution < 1.29 is 9.53 Å². The van der Waals surface area contributed by atoms with Gasteiger partial charge in [-0.1, -0.05) is 0 Å². The number of aryl methyl sites for hydroxylation is 2. The second-order valence-electron chi connectivity index (χ2n) is 7.70. The summed E-state index contributed by atoms with van der Waals surface area (Å²) in [5.41, 5.74) is 2.69. The maximum absolute atomic E-state index is 13.5.